The quantitative estimate of drug-likeness (QED) is 0.654. The summed E-state index contributed by atoms with van der Waals surface area (Å²) in [4.78, 5) is 11.6. The van der Waals surface area contributed by atoms with Crippen molar-refractivity contribution in [3.05, 3.63) is 22.2 Å². The van der Waals surface area contributed by atoms with Crippen molar-refractivity contribution >= 4 is 37.5 Å². The number of carbonyl (C=O) groups excluding carboxylic acids is 1. The minimum absolute atomic E-state index is 0.0289. The van der Waals surface area contributed by atoms with Gasteiger partial charge in [0.15, 0.2) is 0 Å². The number of nitrogen functional groups attached to an aromatic ring is 1. The normalized spacial score (nSPS) is 11.7. The number of hydrogen-bond acceptors (Lipinski definition) is 4. The Kier molecular flexibility index (Phi) is 6.18. The van der Waals surface area contributed by atoms with Crippen LogP contribution in [0.25, 0.3) is 0 Å². The smallest absolute Gasteiger partial charge is 0.240 e. The van der Waals surface area contributed by atoms with Crippen LogP contribution in [0, 0.1) is 6.92 Å². The van der Waals surface area contributed by atoms with Crippen LogP contribution in [0.1, 0.15) is 25.8 Å². The fraction of sp³-hybridized carbons (Fsp3) is 0.462. The molecule has 1 rings (SSSR count). The Balaban J connectivity index is 2.77. The summed E-state index contributed by atoms with van der Waals surface area (Å²) in [5, 5.41) is 2.70. The van der Waals surface area contributed by atoms with E-state index in [0.717, 1.165) is 0 Å². The Morgan fingerprint density at radius 3 is 2.57 bits per heavy atom. The molecular formula is C13H20BrN3O3S. The molecule has 118 valence electrons. The van der Waals surface area contributed by atoms with Crippen molar-refractivity contribution in [3.63, 3.8) is 0 Å². The van der Waals surface area contributed by atoms with Crippen molar-refractivity contribution < 1.29 is 13.2 Å². The van der Waals surface area contributed by atoms with Gasteiger partial charge in [-0.2, -0.15) is 0 Å². The van der Waals surface area contributed by atoms with Gasteiger partial charge in [-0.15, -0.1) is 0 Å². The molecule has 1 aromatic rings. The second-order valence-electron chi connectivity index (χ2n) is 4.99. The highest BCUT2D eigenvalue weighted by Crippen LogP contribution is 2.26. The van der Waals surface area contributed by atoms with Gasteiger partial charge in [-0.05, 0) is 38.5 Å². The van der Waals surface area contributed by atoms with Gasteiger partial charge in [-0.3, -0.25) is 4.79 Å². The van der Waals surface area contributed by atoms with Crippen molar-refractivity contribution in [1.29, 1.82) is 0 Å². The monoisotopic (exact) mass is 377 g/mol. The van der Waals surface area contributed by atoms with E-state index in [0.29, 0.717) is 15.7 Å². The van der Waals surface area contributed by atoms with Crippen molar-refractivity contribution in [2.24, 2.45) is 0 Å². The highest BCUT2D eigenvalue weighted by atomic mass is 79.9. The zero-order valence-electron chi connectivity index (χ0n) is 12.2. The summed E-state index contributed by atoms with van der Waals surface area (Å²) in [6.07, 6.45) is 0.0833. The molecule has 6 nitrogen and oxygen atoms in total. The molecule has 0 unspecified atom stereocenters. The molecule has 0 bridgehead atoms. The Hall–Kier alpha value is -1.12. The molecule has 0 heterocycles. The Labute approximate surface area is 133 Å². The largest absolute Gasteiger partial charge is 0.398 e. The summed E-state index contributed by atoms with van der Waals surface area (Å²) < 4.78 is 27.5. The molecule has 0 aliphatic rings. The van der Waals surface area contributed by atoms with Crippen molar-refractivity contribution in [2.75, 3.05) is 12.3 Å². The Morgan fingerprint density at radius 1 is 1.38 bits per heavy atom. The van der Waals surface area contributed by atoms with Crippen LogP contribution in [0.4, 0.5) is 5.69 Å². The van der Waals surface area contributed by atoms with Crippen LogP contribution in [0.15, 0.2) is 21.5 Å². The predicted octanol–water partition coefficient (Wildman–Crippen LogP) is 1.53. The molecule has 21 heavy (non-hydrogen) atoms. The fourth-order valence-electron chi connectivity index (χ4n) is 1.72. The Bertz CT molecular complexity index is 630. The summed E-state index contributed by atoms with van der Waals surface area (Å²) >= 11 is 3.22. The molecular weight excluding hydrogens is 358 g/mol. The standard InChI is InChI=1S/C13H20BrN3O3S/c1-8(2)17-13(18)4-5-16-21(19,20)12-7-10(14)6-11(15)9(12)3/h6-8,16H,4-5,15H2,1-3H3,(H,17,18). The third-order valence-corrected chi connectivity index (χ3v) is 4.79. The van der Waals surface area contributed by atoms with Gasteiger partial charge in [0, 0.05) is 29.2 Å². The van der Waals surface area contributed by atoms with Crippen LogP contribution < -0.4 is 15.8 Å². The summed E-state index contributed by atoms with van der Waals surface area (Å²) in [7, 11) is -3.70. The Morgan fingerprint density at radius 2 is 2.00 bits per heavy atom. The summed E-state index contributed by atoms with van der Waals surface area (Å²) in [6, 6.07) is 3.16. The number of halogens is 1. The molecule has 0 fully saturated rings. The first-order valence-corrected chi connectivity index (χ1v) is 8.75. The van der Waals surface area contributed by atoms with Crippen molar-refractivity contribution in [3.8, 4) is 0 Å². The molecule has 1 aromatic carbocycles. The minimum Gasteiger partial charge on any atom is -0.398 e. The number of nitrogens with one attached hydrogen (secondary N) is 2. The van der Waals surface area contributed by atoms with E-state index in [2.05, 4.69) is 26.0 Å². The second-order valence-corrected chi connectivity index (χ2v) is 7.64. The lowest BCUT2D eigenvalue weighted by Crippen LogP contribution is -2.34. The number of hydrogen-bond donors (Lipinski definition) is 3. The van der Waals surface area contributed by atoms with E-state index in [1.807, 2.05) is 13.8 Å². The third kappa shape index (κ3) is 5.29. The van der Waals surface area contributed by atoms with Crippen LogP contribution in [-0.4, -0.2) is 26.9 Å². The lowest BCUT2D eigenvalue weighted by Gasteiger charge is -2.12. The van der Waals surface area contributed by atoms with Gasteiger partial charge in [-0.25, -0.2) is 13.1 Å². The predicted molar refractivity (Wildman–Crippen MR) is 86.4 cm³/mol. The first kappa shape index (κ1) is 17.9. The van der Waals surface area contributed by atoms with Crippen LogP contribution in [0.2, 0.25) is 0 Å². The van der Waals surface area contributed by atoms with Crippen LogP contribution in [0.3, 0.4) is 0 Å². The average molecular weight is 378 g/mol. The first-order valence-electron chi connectivity index (χ1n) is 6.48. The van der Waals surface area contributed by atoms with Gasteiger partial charge in [0.25, 0.3) is 0 Å². The lowest BCUT2D eigenvalue weighted by molar-refractivity contribution is -0.121. The number of benzene rings is 1. The molecule has 0 aromatic heterocycles. The van der Waals surface area contributed by atoms with Crippen LogP contribution in [0.5, 0.6) is 0 Å². The maximum Gasteiger partial charge on any atom is 0.240 e. The second kappa shape index (κ2) is 7.24. The zero-order valence-corrected chi connectivity index (χ0v) is 14.6. The SMILES string of the molecule is Cc1c(N)cc(Br)cc1S(=O)(=O)NCCC(=O)NC(C)C. The van der Waals surface area contributed by atoms with E-state index in [1.165, 1.54) is 6.07 Å². The number of amides is 1. The first-order chi connectivity index (χ1) is 9.63. The number of anilines is 1. The molecule has 0 aliphatic carbocycles. The highest BCUT2D eigenvalue weighted by Gasteiger charge is 2.19. The average Bonchev–Trinajstić information content (AvgIpc) is 2.32. The molecule has 0 saturated carbocycles. The zero-order chi connectivity index (χ0) is 16.2. The molecule has 4 N–H and O–H groups in total. The molecule has 8 heteroatoms. The van der Waals surface area contributed by atoms with Gasteiger partial charge in [-0.1, -0.05) is 15.9 Å². The highest BCUT2D eigenvalue weighted by molar-refractivity contribution is 9.10. The maximum absolute atomic E-state index is 12.2. The van der Waals surface area contributed by atoms with Crippen LogP contribution in [-0.2, 0) is 14.8 Å². The molecule has 0 radical (unpaired) electrons. The topological polar surface area (TPSA) is 101 Å². The summed E-state index contributed by atoms with van der Waals surface area (Å²) in [6.45, 7) is 5.36. The van der Waals surface area contributed by atoms with Crippen molar-refractivity contribution in [2.45, 2.75) is 38.1 Å². The number of carbonyl (C=O) groups is 1. The minimum atomic E-state index is -3.70. The van der Waals surface area contributed by atoms with Gasteiger partial charge in [0.2, 0.25) is 15.9 Å². The van der Waals surface area contributed by atoms with E-state index < -0.39 is 10.0 Å². The fourth-order valence-corrected chi connectivity index (χ4v) is 3.68. The molecule has 0 spiro atoms. The van der Waals surface area contributed by atoms with Gasteiger partial charge < -0.3 is 11.1 Å². The van der Waals surface area contributed by atoms with Crippen LogP contribution >= 0.6 is 15.9 Å². The van der Waals surface area contributed by atoms with E-state index in [1.54, 1.807) is 13.0 Å². The van der Waals surface area contributed by atoms with E-state index in [-0.39, 0.29) is 29.8 Å². The van der Waals surface area contributed by atoms with Gasteiger partial charge in [0.05, 0.1) is 4.90 Å². The molecule has 0 saturated heterocycles. The van der Waals surface area contributed by atoms with Crippen molar-refractivity contribution in [1.82, 2.24) is 10.0 Å². The summed E-state index contributed by atoms with van der Waals surface area (Å²) in [5.41, 5.74) is 6.64. The lowest BCUT2D eigenvalue weighted by atomic mass is 10.2. The van der Waals surface area contributed by atoms with E-state index >= 15 is 0 Å². The number of sulfonamides is 1. The molecule has 0 aliphatic heterocycles. The molecule has 0 atom stereocenters. The summed E-state index contributed by atoms with van der Waals surface area (Å²) in [5.74, 6) is -0.196. The van der Waals surface area contributed by atoms with E-state index in [9.17, 15) is 13.2 Å². The third-order valence-electron chi connectivity index (χ3n) is 2.75. The maximum atomic E-state index is 12.2. The number of rotatable bonds is 6. The van der Waals surface area contributed by atoms with Gasteiger partial charge in [0.1, 0.15) is 0 Å². The number of nitrogens with two attached hydrogens (primary N) is 1. The van der Waals surface area contributed by atoms with Gasteiger partial charge >= 0.3 is 0 Å². The van der Waals surface area contributed by atoms with E-state index in [4.69, 9.17) is 5.73 Å². The molecule has 1 amide bonds.